The van der Waals surface area contributed by atoms with Crippen molar-refractivity contribution in [3.05, 3.63) is 95.9 Å². The Kier molecular flexibility index (Phi) is 7.51. The van der Waals surface area contributed by atoms with Crippen LogP contribution in [0.5, 0.6) is 0 Å². The molecule has 1 aliphatic heterocycles. The number of carbonyl (C=O) groups excluding carboxylic acids is 1. The molecule has 1 aliphatic rings. The van der Waals surface area contributed by atoms with E-state index in [0.717, 1.165) is 48.1 Å². The molecule has 1 saturated heterocycles. The van der Waals surface area contributed by atoms with E-state index in [9.17, 15) is 4.79 Å². The van der Waals surface area contributed by atoms with Crippen LogP contribution >= 0.6 is 0 Å². The summed E-state index contributed by atoms with van der Waals surface area (Å²) in [4.78, 5) is 28.6. The summed E-state index contributed by atoms with van der Waals surface area (Å²) in [6, 6.07) is 19.4. The van der Waals surface area contributed by atoms with Gasteiger partial charge in [0.15, 0.2) is 0 Å². The minimum Gasteiger partial charge on any atom is -0.324 e. The highest BCUT2D eigenvalue weighted by Gasteiger charge is 2.16. The van der Waals surface area contributed by atoms with Crippen molar-refractivity contribution in [2.24, 2.45) is 5.92 Å². The van der Waals surface area contributed by atoms with Crippen LogP contribution in [0.25, 0.3) is 11.3 Å². The second-order valence-corrected chi connectivity index (χ2v) is 9.77. The summed E-state index contributed by atoms with van der Waals surface area (Å²) in [7, 11) is 0. The Balaban J connectivity index is 1.24. The van der Waals surface area contributed by atoms with Crippen molar-refractivity contribution >= 4 is 23.2 Å². The van der Waals surface area contributed by atoms with Gasteiger partial charge in [0.05, 0.1) is 5.69 Å². The molecule has 0 radical (unpaired) electrons. The van der Waals surface area contributed by atoms with E-state index in [0.29, 0.717) is 17.2 Å². The predicted molar refractivity (Wildman–Crippen MR) is 148 cm³/mol. The molecule has 7 nitrogen and oxygen atoms in total. The molecule has 0 atom stereocenters. The van der Waals surface area contributed by atoms with Gasteiger partial charge in [-0.2, -0.15) is 0 Å². The minimum absolute atomic E-state index is 0.136. The van der Waals surface area contributed by atoms with E-state index in [1.165, 1.54) is 18.4 Å². The molecule has 37 heavy (non-hydrogen) atoms. The van der Waals surface area contributed by atoms with Crippen LogP contribution in [0.1, 0.15) is 41.3 Å². The first-order valence-corrected chi connectivity index (χ1v) is 12.8. The molecule has 188 valence electrons. The Labute approximate surface area is 218 Å². The number of carbonyl (C=O) groups is 1. The summed E-state index contributed by atoms with van der Waals surface area (Å²) < 4.78 is 0. The van der Waals surface area contributed by atoms with Gasteiger partial charge >= 0.3 is 0 Å². The normalized spacial score (nSPS) is 14.3. The van der Waals surface area contributed by atoms with E-state index < -0.39 is 0 Å². The fourth-order valence-corrected chi connectivity index (χ4v) is 4.49. The third-order valence-corrected chi connectivity index (χ3v) is 6.85. The van der Waals surface area contributed by atoms with Gasteiger partial charge in [-0.05, 0) is 92.4 Å². The van der Waals surface area contributed by atoms with E-state index in [1.54, 1.807) is 18.6 Å². The maximum Gasteiger partial charge on any atom is 0.255 e. The number of nitrogens with one attached hydrogen (secondary N) is 2. The van der Waals surface area contributed by atoms with Crippen molar-refractivity contribution in [3.63, 3.8) is 0 Å². The Hall–Kier alpha value is -4.10. The van der Waals surface area contributed by atoms with Gasteiger partial charge < -0.3 is 10.6 Å². The number of anilines is 3. The fraction of sp³-hybridized carbons (Fsp3) is 0.267. The molecular weight excluding hydrogens is 460 g/mol. The summed E-state index contributed by atoms with van der Waals surface area (Å²) in [6.45, 7) is 7.55. The standard InChI is InChI=1S/C30H32N6O/c1-21-12-16-36(17-13-21)20-23-6-8-24(9-7-23)29(37)33-26-10-5-22(2)28(18-26)35-30-32-15-11-27(34-30)25-4-3-14-31-19-25/h3-11,14-15,18-19,21H,12-13,16-17,20H2,1-2H3,(H,33,37)(H,32,34,35). The first kappa shape index (κ1) is 24.6. The summed E-state index contributed by atoms with van der Waals surface area (Å²) in [5.41, 5.74) is 6.12. The first-order chi connectivity index (χ1) is 18.0. The van der Waals surface area contributed by atoms with Gasteiger partial charge in [-0.15, -0.1) is 0 Å². The molecule has 0 spiro atoms. The number of rotatable bonds is 7. The van der Waals surface area contributed by atoms with Crippen LogP contribution in [0.3, 0.4) is 0 Å². The van der Waals surface area contributed by atoms with Gasteiger partial charge in [-0.3, -0.25) is 14.7 Å². The molecule has 2 N–H and O–H groups in total. The third kappa shape index (κ3) is 6.37. The van der Waals surface area contributed by atoms with Gasteiger partial charge in [0.25, 0.3) is 5.91 Å². The molecule has 0 unspecified atom stereocenters. The molecule has 5 rings (SSSR count). The van der Waals surface area contributed by atoms with Crippen molar-refractivity contribution in [2.75, 3.05) is 23.7 Å². The van der Waals surface area contributed by atoms with Crippen molar-refractivity contribution in [1.82, 2.24) is 19.9 Å². The van der Waals surface area contributed by atoms with Crippen LogP contribution in [0.2, 0.25) is 0 Å². The number of nitrogens with zero attached hydrogens (tertiary/aromatic N) is 4. The lowest BCUT2D eigenvalue weighted by atomic mass is 9.99. The number of benzene rings is 2. The van der Waals surface area contributed by atoms with Crippen LogP contribution in [-0.4, -0.2) is 38.8 Å². The number of likely N-dealkylation sites (tertiary alicyclic amines) is 1. The number of pyridine rings is 1. The smallest absolute Gasteiger partial charge is 0.255 e. The lowest BCUT2D eigenvalue weighted by molar-refractivity contribution is 0.102. The maximum atomic E-state index is 12.9. The van der Waals surface area contributed by atoms with Crippen LogP contribution in [0.15, 0.2) is 79.3 Å². The van der Waals surface area contributed by atoms with E-state index >= 15 is 0 Å². The maximum absolute atomic E-state index is 12.9. The zero-order chi connectivity index (χ0) is 25.6. The van der Waals surface area contributed by atoms with E-state index in [2.05, 4.69) is 49.5 Å². The Morgan fingerprint density at radius 3 is 2.59 bits per heavy atom. The Morgan fingerprint density at radius 1 is 1.03 bits per heavy atom. The highest BCUT2D eigenvalue weighted by atomic mass is 16.1. The number of piperidine rings is 1. The average molecular weight is 493 g/mol. The molecule has 3 heterocycles. The van der Waals surface area contributed by atoms with Crippen LogP contribution in [0.4, 0.5) is 17.3 Å². The summed E-state index contributed by atoms with van der Waals surface area (Å²) >= 11 is 0. The predicted octanol–water partition coefficient (Wildman–Crippen LogP) is 6.07. The second-order valence-electron chi connectivity index (χ2n) is 9.77. The zero-order valence-corrected chi connectivity index (χ0v) is 21.3. The van der Waals surface area contributed by atoms with E-state index in [-0.39, 0.29) is 5.91 Å². The van der Waals surface area contributed by atoms with E-state index in [1.807, 2.05) is 55.5 Å². The molecule has 0 aliphatic carbocycles. The topological polar surface area (TPSA) is 83.0 Å². The molecule has 1 amide bonds. The highest BCUT2D eigenvalue weighted by molar-refractivity contribution is 6.04. The average Bonchev–Trinajstić information content (AvgIpc) is 2.93. The number of hydrogen-bond acceptors (Lipinski definition) is 6. The fourth-order valence-electron chi connectivity index (χ4n) is 4.49. The zero-order valence-electron chi connectivity index (χ0n) is 21.3. The highest BCUT2D eigenvalue weighted by Crippen LogP contribution is 2.25. The largest absolute Gasteiger partial charge is 0.324 e. The molecule has 0 bridgehead atoms. The first-order valence-electron chi connectivity index (χ1n) is 12.8. The van der Waals surface area contributed by atoms with Gasteiger partial charge in [-0.1, -0.05) is 25.1 Å². The Morgan fingerprint density at radius 2 is 1.84 bits per heavy atom. The molecule has 0 saturated carbocycles. The molecule has 7 heteroatoms. The number of hydrogen-bond donors (Lipinski definition) is 2. The lowest BCUT2D eigenvalue weighted by Crippen LogP contribution is -2.32. The molecule has 1 fully saturated rings. The van der Waals surface area contributed by atoms with Gasteiger partial charge in [0.2, 0.25) is 5.95 Å². The van der Waals surface area contributed by atoms with Crippen molar-refractivity contribution in [3.8, 4) is 11.3 Å². The van der Waals surface area contributed by atoms with Crippen molar-refractivity contribution in [2.45, 2.75) is 33.2 Å². The summed E-state index contributed by atoms with van der Waals surface area (Å²) in [5, 5.41) is 6.30. The Bertz CT molecular complexity index is 1350. The number of amides is 1. The van der Waals surface area contributed by atoms with E-state index in [4.69, 9.17) is 0 Å². The van der Waals surface area contributed by atoms with Crippen LogP contribution < -0.4 is 10.6 Å². The van der Waals surface area contributed by atoms with Gasteiger partial charge in [0, 0.05) is 47.6 Å². The van der Waals surface area contributed by atoms with Gasteiger partial charge in [0.1, 0.15) is 0 Å². The lowest BCUT2D eigenvalue weighted by Gasteiger charge is -2.30. The molecular formula is C30H32N6O. The number of aromatic nitrogens is 3. The SMILES string of the molecule is Cc1ccc(NC(=O)c2ccc(CN3CCC(C)CC3)cc2)cc1Nc1nccc(-c2cccnc2)n1. The molecule has 2 aromatic heterocycles. The quantitative estimate of drug-likeness (QED) is 0.326. The summed E-state index contributed by atoms with van der Waals surface area (Å²) in [6.07, 6.45) is 7.74. The van der Waals surface area contributed by atoms with Crippen LogP contribution in [0, 0.1) is 12.8 Å². The second kappa shape index (κ2) is 11.3. The monoisotopic (exact) mass is 492 g/mol. The number of aryl methyl sites for hydroxylation is 1. The molecule has 4 aromatic rings. The molecule has 2 aromatic carbocycles. The van der Waals surface area contributed by atoms with Crippen molar-refractivity contribution < 1.29 is 4.79 Å². The van der Waals surface area contributed by atoms with Crippen molar-refractivity contribution in [1.29, 1.82) is 0 Å². The van der Waals surface area contributed by atoms with Crippen LogP contribution in [-0.2, 0) is 6.54 Å². The summed E-state index contributed by atoms with van der Waals surface area (Å²) in [5.74, 6) is 1.17. The van der Waals surface area contributed by atoms with Gasteiger partial charge in [-0.25, -0.2) is 9.97 Å². The third-order valence-electron chi connectivity index (χ3n) is 6.85. The minimum atomic E-state index is -0.136.